The number of hydrogen-bond donors (Lipinski definition) is 1. The molecule has 1 aromatic heterocycles. The Labute approximate surface area is 118 Å². The molecule has 0 radical (unpaired) electrons. The van der Waals surface area contributed by atoms with Crippen molar-refractivity contribution in [2.75, 3.05) is 11.4 Å². The Bertz CT molecular complexity index is 605. The number of carboxylic acids is 1. The Kier molecular flexibility index (Phi) is 4.08. The molecule has 0 aliphatic heterocycles. The van der Waals surface area contributed by atoms with E-state index in [9.17, 15) is 4.79 Å². The molecule has 1 aromatic carbocycles. The van der Waals surface area contributed by atoms with Gasteiger partial charge in [0.15, 0.2) is 0 Å². The van der Waals surface area contributed by atoms with Crippen molar-refractivity contribution in [2.24, 2.45) is 7.05 Å². The minimum absolute atomic E-state index is 0.0300. The van der Waals surface area contributed by atoms with Crippen LogP contribution in [0.25, 0.3) is 0 Å². The van der Waals surface area contributed by atoms with Crippen molar-refractivity contribution in [1.82, 2.24) is 9.78 Å². The van der Waals surface area contributed by atoms with Crippen LogP contribution in [0, 0.1) is 13.8 Å². The Morgan fingerprint density at radius 3 is 2.45 bits per heavy atom. The molecule has 0 saturated heterocycles. The molecule has 0 unspecified atom stereocenters. The van der Waals surface area contributed by atoms with Gasteiger partial charge in [0.2, 0.25) is 0 Å². The number of benzene rings is 1. The summed E-state index contributed by atoms with van der Waals surface area (Å²) in [6.45, 7) is 4.46. The first kappa shape index (κ1) is 14.1. The molecule has 0 atom stereocenters. The summed E-state index contributed by atoms with van der Waals surface area (Å²) in [7, 11) is 1.90. The first-order valence-electron chi connectivity index (χ1n) is 6.50. The normalized spacial score (nSPS) is 10.6. The fourth-order valence-electron chi connectivity index (χ4n) is 2.28. The van der Waals surface area contributed by atoms with Crippen molar-refractivity contribution < 1.29 is 9.90 Å². The van der Waals surface area contributed by atoms with Gasteiger partial charge in [-0.25, -0.2) is 0 Å². The van der Waals surface area contributed by atoms with E-state index >= 15 is 0 Å². The highest BCUT2D eigenvalue weighted by Gasteiger charge is 2.16. The number of nitrogens with zero attached hydrogens (tertiary/aromatic N) is 3. The molecule has 2 rings (SSSR count). The largest absolute Gasteiger partial charge is 0.480 e. The number of rotatable bonds is 5. The third-order valence-electron chi connectivity index (χ3n) is 3.46. The molecule has 0 bridgehead atoms. The van der Waals surface area contributed by atoms with Crippen LogP contribution in [0.3, 0.4) is 0 Å². The van der Waals surface area contributed by atoms with Crippen LogP contribution >= 0.6 is 0 Å². The summed E-state index contributed by atoms with van der Waals surface area (Å²) >= 11 is 0. The maximum Gasteiger partial charge on any atom is 0.323 e. The highest BCUT2D eigenvalue weighted by molar-refractivity contribution is 5.73. The topological polar surface area (TPSA) is 58.4 Å². The molecule has 0 aliphatic carbocycles. The summed E-state index contributed by atoms with van der Waals surface area (Å²) in [5, 5.41) is 13.5. The van der Waals surface area contributed by atoms with Crippen LogP contribution in [0.15, 0.2) is 30.3 Å². The van der Waals surface area contributed by atoms with E-state index in [1.807, 2.05) is 60.8 Å². The van der Waals surface area contributed by atoms with E-state index in [1.54, 1.807) is 0 Å². The molecule has 5 nitrogen and oxygen atoms in total. The summed E-state index contributed by atoms with van der Waals surface area (Å²) in [4.78, 5) is 12.9. The van der Waals surface area contributed by atoms with Gasteiger partial charge in [0.25, 0.3) is 0 Å². The molecule has 1 heterocycles. The van der Waals surface area contributed by atoms with Crippen molar-refractivity contribution in [3.8, 4) is 0 Å². The van der Waals surface area contributed by atoms with E-state index in [0.29, 0.717) is 6.54 Å². The maximum absolute atomic E-state index is 11.1. The number of aryl methyl sites for hydroxylation is 2. The Hall–Kier alpha value is -2.30. The Balaban J connectivity index is 2.31. The second-order valence-corrected chi connectivity index (χ2v) is 4.86. The third kappa shape index (κ3) is 2.99. The highest BCUT2D eigenvalue weighted by atomic mass is 16.4. The lowest BCUT2D eigenvalue weighted by molar-refractivity contribution is -0.135. The minimum atomic E-state index is -0.840. The zero-order chi connectivity index (χ0) is 14.7. The number of hydrogen-bond acceptors (Lipinski definition) is 3. The molecule has 0 amide bonds. The van der Waals surface area contributed by atoms with Gasteiger partial charge in [0.05, 0.1) is 5.69 Å². The second kappa shape index (κ2) is 5.77. The van der Waals surface area contributed by atoms with Crippen LogP contribution in [0.5, 0.6) is 0 Å². The molecule has 106 valence electrons. The first-order valence-corrected chi connectivity index (χ1v) is 6.50. The van der Waals surface area contributed by atoms with E-state index in [-0.39, 0.29) is 6.54 Å². The highest BCUT2D eigenvalue weighted by Crippen LogP contribution is 2.20. The van der Waals surface area contributed by atoms with Crippen LogP contribution in [-0.4, -0.2) is 27.4 Å². The van der Waals surface area contributed by atoms with E-state index in [0.717, 1.165) is 22.6 Å². The maximum atomic E-state index is 11.1. The number of aliphatic carboxylic acids is 1. The van der Waals surface area contributed by atoms with E-state index < -0.39 is 5.97 Å². The summed E-state index contributed by atoms with van der Waals surface area (Å²) in [6, 6.07) is 9.58. The summed E-state index contributed by atoms with van der Waals surface area (Å²) in [5.74, 6) is -0.840. The first-order chi connectivity index (χ1) is 9.49. The van der Waals surface area contributed by atoms with Gasteiger partial charge < -0.3 is 10.0 Å². The number of carbonyl (C=O) groups is 1. The zero-order valence-electron chi connectivity index (χ0n) is 12.0. The van der Waals surface area contributed by atoms with E-state index in [2.05, 4.69) is 5.10 Å². The Morgan fingerprint density at radius 1 is 1.30 bits per heavy atom. The van der Waals surface area contributed by atoms with Crippen LogP contribution in [0.1, 0.15) is 17.0 Å². The van der Waals surface area contributed by atoms with Gasteiger partial charge in [-0.3, -0.25) is 9.48 Å². The lowest BCUT2D eigenvalue weighted by Crippen LogP contribution is -2.29. The van der Waals surface area contributed by atoms with E-state index in [1.165, 1.54) is 0 Å². The van der Waals surface area contributed by atoms with Gasteiger partial charge in [-0.15, -0.1) is 0 Å². The standard InChI is InChI=1S/C15H19N3O2/c1-11-14(12(2)17(3)16-11)9-18(10-15(19)20)13-7-5-4-6-8-13/h4-8H,9-10H2,1-3H3,(H,19,20). The molecule has 5 heteroatoms. The van der Waals surface area contributed by atoms with Crippen LogP contribution in [0.4, 0.5) is 5.69 Å². The van der Waals surface area contributed by atoms with Crippen molar-refractivity contribution >= 4 is 11.7 Å². The van der Waals surface area contributed by atoms with Gasteiger partial charge >= 0.3 is 5.97 Å². The predicted octanol–water partition coefficient (Wildman–Crippen LogP) is 2.13. The van der Waals surface area contributed by atoms with Crippen LogP contribution in [0.2, 0.25) is 0 Å². The van der Waals surface area contributed by atoms with E-state index in [4.69, 9.17) is 5.11 Å². The molecule has 1 N–H and O–H groups in total. The SMILES string of the molecule is Cc1nn(C)c(C)c1CN(CC(=O)O)c1ccccc1. The summed E-state index contributed by atoms with van der Waals surface area (Å²) < 4.78 is 1.83. The van der Waals surface area contributed by atoms with Crippen LogP contribution < -0.4 is 4.90 Å². The number of carboxylic acid groups (broad SMARTS) is 1. The predicted molar refractivity (Wildman–Crippen MR) is 77.8 cm³/mol. The second-order valence-electron chi connectivity index (χ2n) is 4.86. The van der Waals surface area contributed by atoms with Crippen molar-refractivity contribution in [3.63, 3.8) is 0 Å². The zero-order valence-corrected chi connectivity index (χ0v) is 12.0. The fraction of sp³-hybridized carbons (Fsp3) is 0.333. The molecule has 2 aromatic rings. The molecule has 20 heavy (non-hydrogen) atoms. The lowest BCUT2D eigenvalue weighted by Gasteiger charge is -2.23. The molecular weight excluding hydrogens is 254 g/mol. The van der Waals surface area contributed by atoms with Crippen molar-refractivity contribution in [3.05, 3.63) is 47.3 Å². The number of aromatic nitrogens is 2. The average Bonchev–Trinajstić information content (AvgIpc) is 2.65. The van der Waals surface area contributed by atoms with Gasteiger partial charge in [-0.1, -0.05) is 18.2 Å². The molecular formula is C15H19N3O2. The average molecular weight is 273 g/mol. The lowest BCUT2D eigenvalue weighted by atomic mass is 10.1. The quantitative estimate of drug-likeness (QED) is 0.906. The Morgan fingerprint density at radius 2 is 1.95 bits per heavy atom. The van der Waals surface area contributed by atoms with Gasteiger partial charge in [0.1, 0.15) is 6.54 Å². The fourth-order valence-corrected chi connectivity index (χ4v) is 2.28. The van der Waals surface area contributed by atoms with Crippen molar-refractivity contribution in [1.29, 1.82) is 0 Å². The number of anilines is 1. The molecule has 0 aliphatic rings. The summed E-state index contributed by atoms with van der Waals surface area (Å²) in [5.41, 5.74) is 3.99. The van der Waals surface area contributed by atoms with Crippen LogP contribution in [-0.2, 0) is 18.4 Å². The van der Waals surface area contributed by atoms with Crippen molar-refractivity contribution in [2.45, 2.75) is 20.4 Å². The van der Waals surface area contributed by atoms with Gasteiger partial charge in [0, 0.05) is 30.5 Å². The molecule has 0 fully saturated rings. The van der Waals surface area contributed by atoms with Gasteiger partial charge in [-0.2, -0.15) is 5.10 Å². The van der Waals surface area contributed by atoms with Gasteiger partial charge in [-0.05, 0) is 26.0 Å². The smallest absolute Gasteiger partial charge is 0.323 e. The third-order valence-corrected chi connectivity index (χ3v) is 3.46. The monoisotopic (exact) mass is 273 g/mol. The molecule has 0 spiro atoms. The minimum Gasteiger partial charge on any atom is -0.480 e. The number of para-hydroxylation sites is 1. The summed E-state index contributed by atoms with van der Waals surface area (Å²) in [6.07, 6.45) is 0. The molecule has 0 saturated carbocycles.